The topological polar surface area (TPSA) is 75.6 Å². The van der Waals surface area contributed by atoms with Gasteiger partial charge in [-0.1, -0.05) is 12.8 Å². The van der Waals surface area contributed by atoms with Gasteiger partial charge in [-0.15, -0.1) is 0 Å². The molecule has 1 saturated carbocycles. The number of carbonyl (C=O) groups is 2. The summed E-state index contributed by atoms with van der Waals surface area (Å²) in [6.45, 7) is 5.76. The number of likely N-dealkylation sites (tertiary alicyclic amines) is 1. The fourth-order valence-corrected chi connectivity index (χ4v) is 4.76. The highest BCUT2D eigenvalue weighted by Gasteiger charge is 2.59. The molecule has 7 nitrogen and oxygen atoms in total. The van der Waals surface area contributed by atoms with Crippen LogP contribution in [-0.2, 0) is 16.0 Å². The van der Waals surface area contributed by atoms with Gasteiger partial charge in [0.2, 0.25) is 5.28 Å². The van der Waals surface area contributed by atoms with Crippen LogP contribution in [0.15, 0.2) is 6.20 Å². The van der Waals surface area contributed by atoms with Crippen molar-refractivity contribution in [3.8, 4) is 0 Å². The van der Waals surface area contributed by atoms with E-state index < -0.39 is 17.2 Å². The number of imide groups is 1. The molecule has 1 saturated heterocycles. The number of amides is 2. The minimum absolute atomic E-state index is 0.184. The fourth-order valence-electron chi connectivity index (χ4n) is 4.63. The standard InChI is InChI=1S/C19H25ClN4O3/c1-18(2,3)27-17(26)23-9-8-19(15(23)25)10-12-11-21-16(20)22-14(12)24(19)13-6-4-5-7-13/h11,13H,4-10H2,1-3H3. The highest BCUT2D eigenvalue weighted by molar-refractivity contribution is 6.28. The van der Waals surface area contributed by atoms with E-state index in [2.05, 4.69) is 14.9 Å². The second-order valence-corrected chi connectivity index (χ2v) is 9.03. The van der Waals surface area contributed by atoms with Gasteiger partial charge in [-0.05, 0) is 51.6 Å². The second-order valence-electron chi connectivity index (χ2n) is 8.69. The first-order valence-corrected chi connectivity index (χ1v) is 9.95. The van der Waals surface area contributed by atoms with Crippen LogP contribution >= 0.6 is 11.6 Å². The molecule has 27 heavy (non-hydrogen) atoms. The summed E-state index contributed by atoms with van der Waals surface area (Å²) in [7, 11) is 0. The van der Waals surface area contributed by atoms with Gasteiger partial charge in [-0.25, -0.2) is 19.7 Å². The fraction of sp³-hybridized carbons (Fsp3) is 0.684. The van der Waals surface area contributed by atoms with Crippen molar-refractivity contribution >= 4 is 29.4 Å². The maximum atomic E-state index is 13.5. The van der Waals surface area contributed by atoms with E-state index >= 15 is 0 Å². The molecule has 1 unspecified atom stereocenters. The van der Waals surface area contributed by atoms with Gasteiger partial charge in [-0.3, -0.25) is 4.79 Å². The molecule has 1 aliphatic carbocycles. The smallest absolute Gasteiger partial charge is 0.417 e. The Bertz CT molecular complexity index is 788. The summed E-state index contributed by atoms with van der Waals surface area (Å²) in [4.78, 5) is 38.0. The predicted molar refractivity (Wildman–Crippen MR) is 101 cm³/mol. The van der Waals surface area contributed by atoms with Gasteiger partial charge in [0.1, 0.15) is 17.0 Å². The number of aromatic nitrogens is 2. The third-order valence-electron chi connectivity index (χ3n) is 5.68. The molecule has 0 aromatic carbocycles. The number of carbonyl (C=O) groups excluding carboxylic acids is 2. The summed E-state index contributed by atoms with van der Waals surface area (Å²) in [5, 5.41) is 0.184. The predicted octanol–water partition coefficient (Wildman–Crippen LogP) is 3.34. The molecule has 1 aromatic rings. The maximum Gasteiger partial charge on any atom is 0.417 e. The zero-order valence-electron chi connectivity index (χ0n) is 16.0. The number of fused-ring (bicyclic) bond motifs is 1. The number of ether oxygens (including phenoxy) is 1. The molecule has 2 aliphatic heterocycles. The van der Waals surface area contributed by atoms with Crippen LogP contribution in [0.5, 0.6) is 0 Å². The van der Waals surface area contributed by atoms with E-state index in [1.807, 2.05) is 0 Å². The van der Waals surface area contributed by atoms with Crippen molar-refractivity contribution in [2.45, 2.75) is 76.5 Å². The lowest BCUT2D eigenvalue weighted by molar-refractivity contribution is -0.131. The van der Waals surface area contributed by atoms with Crippen LogP contribution in [0.25, 0.3) is 0 Å². The van der Waals surface area contributed by atoms with E-state index in [9.17, 15) is 9.59 Å². The molecular weight excluding hydrogens is 368 g/mol. The van der Waals surface area contributed by atoms with Crippen molar-refractivity contribution in [2.75, 3.05) is 11.4 Å². The van der Waals surface area contributed by atoms with Crippen molar-refractivity contribution in [3.05, 3.63) is 17.0 Å². The van der Waals surface area contributed by atoms with Gasteiger partial charge < -0.3 is 9.64 Å². The van der Waals surface area contributed by atoms with Gasteiger partial charge in [0.05, 0.1) is 0 Å². The SMILES string of the molecule is CC(C)(C)OC(=O)N1CCC2(Cc3cnc(Cl)nc3N2C2CCCC2)C1=O. The van der Waals surface area contributed by atoms with Gasteiger partial charge >= 0.3 is 6.09 Å². The number of hydrogen-bond acceptors (Lipinski definition) is 6. The minimum atomic E-state index is -0.784. The van der Waals surface area contributed by atoms with E-state index in [-0.39, 0.29) is 17.2 Å². The largest absolute Gasteiger partial charge is 0.443 e. The zero-order valence-corrected chi connectivity index (χ0v) is 16.8. The monoisotopic (exact) mass is 392 g/mol. The van der Waals surface area contributed by atoms with Crippen LogP contribution in [0, 0.1) is 0 Å². The zero-order chi connectivity index (χ0) is 19.4. The molecule has 2 amide bonds. The average molecular weight is 393 g/mol. The Kier molecular flexibility index (Phi) is 4.33. The Hall–Kier alpha value is -1.89. The van der Waals surface area contributed by atoms with E-state index in [1.165, 1.54) is 4.90 Å². The van der Waals surface area contributed by atoms with Crippen LogP contribution in [0.3, 0.4) is 0 Å². The van der Waals surface area contributed by atoms with Gasteiger partial charge in [0.15, 0.2) is 0 Å². The summed E-state index contributed by atoms with van der Waals surface area (Å²) in [6, 6.07) is 0.236. The number of hydrogen-bond donors (Lipinski definition) is 0. The number of nitrogens with zero attached hydrogens (tertiary/aromatic N) is 4. The summed E-state index contributed by atoms with van der Waals surface area (Å²) >= 11 is 6.06. The lowest BCUT2D eigenvalue weighted by atomic mass is 9.91. The van der Waals surface area contributed by atoms with E-state index in [1.54, 1.807) is 27.0 Å². The molecule has 0 bridgehead atoms. The Balaban J connectivity index is 1.69. The molecule has 1 spiro atoms. The Morgan fingerprint density at radius 2 is 2.04 bits per heavy atom. The molecule has 3 aliphatic rings. The average Bonchev–Trinajstić information content (AvgIpc) is 3.25. The normalized spacial score (nSPS) is 25.6. The number of anilines is 1. The van der Waals surface area contributed by atoms with Crippen LogP contribution in [0.2, 0.25) is 5.28 Å². The number of halogens is 1. The van der Waals surface area contributed by atoms with Gasteiger partial charge in [-0.2, -0.15) is 0 Å². The van der Waals surface area contributed by atoms with Crippen molar-refractivity contribution in [3.63, 3.8) is 0 Å². The van der Waals surface area contributed by atoms with Crippen LogP contribution in [0.4, 0.5) is 10.6 Å². The summed E-state index contributed by atoms with van der Waals surface area (Å²) in [6.07, 6.45) is 6.51. The third-order valence-corrected chi connectivity index (χ3v) is 5.86. The first-order valence-electron chi connectivity index (χ1n) is 9.57. The second kappa shape index (κ2) is 6.33. The molecule has 8 heteroatoms. The summed E-state index contributed by atoms with van der Waals surface area (Å²) in [5.74, 6) is 0.555. The minimum Gasteiger partial charge on any atom is -0.443 e. The first kappa shape index (κ1) is 18.5. The maximum absolute atomic E-state index is 13.5. The lowest BCUT2D eigenvalue weighted by Gasteiger charge is -2.39. The summed E-state index contributed by atoms with van der Waals surface area (Å²) in [5.41, 5.74) is -0.505. The molecule has 1 aromatic heterocycles. The van der Waals surface area contributed by atoms with Crippen LogP contribution < -0.4 is 4.90 Å². The third kappa shape index (κ3) is 3.06. The highest BCUT2D eigenvalue weighted by Crippen LogP contribution is 2.47. The molecule has 2 fully saturated rings. The number of rotatable bonds is 1. The quantitative estimate of drug-likeness (QED) is 0.682. The lowest BCUT2D eigenvalue weighted by Crippen LogP contribution is -2.57. The Labute approximate surface area is 164 Å². The van der Waals surface area contributed by atoms with Crippen LogP contribution in [0.1, 0.15) is 58.4 Å². The van der Waals surface area contributed by atoms with Crippen molar-refractivity contribution in [2.24, 2.45) is 0 Å². The Morgan fingerprint density at radius 1 is 1.33 bits per heavy atom. The van der Waals surface area contributed by atoms with E-state index in [0.717, 1.165) is 37.1 Å². The van der Waals surface area contributed by atoms with E-state index in [0.29, 0.717) is 19.4 Å². The van der Waals surface area contributed by atoms with Crippen molar-refractivity contribution < 1.29 is 14.3 Å². The molecule has 0 N–H and O–H groups in total. The van der Waals surface area contributed by atoms with E-state index in [4.69, 9.17) is 16.3 Å². The molecule has 4 rings (SSSR count). The van der Waals surface area contributed by atoms with Crippen LogP contribution in [-0.4, -0.2) is 50.6 Å². The molecule has 3 heterocycles. The Morgan fingerprint density at radius 3 is 2.70 bits per heavy atom. The van der Waals surface area contributed by atoms with Gasteiger partial charge in [0.25, 0.3) is 5.91 Å². The molecule has 146 valence electrons. The molecule has 1 atom stereocenters. The summed E-state index contributed by atoms with van der Waals surface area (Å²) < 4.78 is 5.45. The first-order chi connectivity index (χ1) is 12.7. The molecular formula is C19H25ClN4O3. The molecule has 0 radical (unpaired) electrons. The van der Waals surface area contributed by atoms with Crippen molar-refractivity contribution in [1.82, 2.24) is 14.9 Å². The van der Waals surface area contributed by atoms with Crippen molar-refractivity contribution in [1.29, 1.82) is 0 Å². The highest BCUT2D eigenvalue weighted by atomic mass is 35.5. The van der Waals surface area contributed by atoms with Gasteiger partial charge in [0, 0.05) is 30.8 Å².